The van der Waals surface area contributed by atoms with E-state index in [1.54, 1.807) is 6.07 Å². The average Bonchev–Trinajstić information content (AvgIpc) is 2.63. The van der Waals surface area contributed by atoms with Gasteiger partial charge in [0.25, 0.3) is 0 Å². The monoisotopic (exact) mass is 313 g/mol. The largest absolute Gasteiger partial charge is 0.398 e. The molecule has 3 rings (SSSR count). The van der Waals surface area contributed by atoms with Crippen LogP contribution in [0.25, 0.3) is 0 Å². The summed E-state index contributed by atoms with van der Waals surface area (Å²) in [5.74, 6) is 0. The second-order valence-electron chi connectivity index (χ2n) is 5.71. The van der Waals surface area contributed by atoms with Gasteiger partial charge in [-0.15, -0.1) is 0 Å². The van der Waals surface area contributed by atoms with E-state index in [4.69, 9.17) is 5.73 Å². The fraction of sp³-hybridized carbons (Fsp3) is 0.0952. The molecular formula is C21H19N3. The third kappa shape index (κ3) is 3.74. The molecule has 0 aliphatic heterocycles. The van der Waals surface area contributed by atoms with E-state index >= 15 is 0 Å². The van der Waals surface area contributed by atoms with E-state index in [-0.39, 0.29) is 0 Å². The highest BCUT2D eigenvalue weighted by Gasteiger charge is 2.10. The lowest BCUT2D eigenvalue weighted by Gasteiger charge is -2.25. The number of anilines is 2. The molecule has 0 atom stereocenters. The Morgan fingerprint density at radius 1 is 0.792 bits per heavy atom. The molecule has 3 heteroatoms. The summed E-state index contributed by atoms with van der Waals surface area (Å²) in [6, 6.07) is 28.4. The molecule has 3 aromatic carbocycles. The lowest BCUT2D eigenvalue weighted by atomic mass is 10.1. The van der Waals surface area contributed by atoms with Crippen molar-refractivity contribution < 1.29 is 0 Å². The smallest absolute Gasteiger partial charge is 0.101 e. The Morgan fingerprint density at radius 3 is 1.83 bits per heavy atom. The van der Waals surface area contributed by atoms with Crippen LogP contribution >= 0.6 is 0 Å². The minimum atomic E-state index is 0.513. The molecular weight excluding hydrogens is 294 g/mol. The molecule has 0 saturated carbocycles. The number of benzene rings is 3. The topological polar surface area (TPSA) is 53.0 Å². The number of hydrogen-bond acceptors (Lipinski definition) is 3. The van der Waals surface area contributed by atoms with Crippen molar-refractivity contribution in [2.24, 2.45) is 0 Å². The van der Waals surface area contributed by atoms with E-state index in [0.29, 0.717) is 11.3 Å². The standard InChI is InChI=1S/C21H19N3/c22-14-19-13-20(11-12-21(19)23)24(15-17-7-3-1-4-8-17)16-18-9-5-2-6-10-18/h1-13H,15-16,23H2. The Bertz CT molecular complexity index is 794. The predicted molar refractivity (Wildman–Crippen MR) is 98.3 cm³/mol. The minimum Gasteiger partial charge on any atom is -0.398 e. The Kier molecular flexibility index (Phi) is 4.78. The van der Waals surface area contributed by atoms with Gasteiger partial charge in [0.1, 0.15) is 6.07 Å². The van der Waals surface area contributed by atoms with Gasteiger partial charge in [-0.05, 0) is 29.3 Å². The van der Waals surface area contributed by atoms with Crippen molar-refractivity contribution in [2.75, 3.05) is 10.6 Å². The van der Waals surface area contributed by atoms with Gasteiger partial charge in [-0.2, -0.15) is 5.26 Å². The molecule has 24 heavy (non-hydrogen) atoms. The van der Waals surface area contributed by atoms with Gasteiger partial charge in [0.15, 0.2) is 0 Å². The van der Waals surface area contributed by atoms with Gasteiger partial charge in [0.05, 0.1) is 5.56 Å². The number of nitrogens with zero attached hydrogens (tertiary/aromatic N) is 2. The second kappa shape index (κ2) is 7.34. The first-order valence-electron chi connectivity index (χ1n) is 7.88. The van der Waals surface area contributed by atoms with Crippen LogP contribution in [0.1, 0.15) is 16.7 Å². The lowest BCUT2D eigenvalue weighted by molar-refractivity contribution is 0.800. The van der Waals surface area contributed by atoms with Crippen molar-refractivity contribution in [3.63, 3.8) is 0 Å². The van der Waals surface area contributed by atoms with Crippen molar-refractivity contribution in [3.8, 4) is 6.07 Å². The quantitative estimate of drug-likeness (QED) is 0.713. The average molecular weight is 313 g/mol. The highest BCUT2D eigenvalue weighted by atomic mass is 15.1. The fourth-order valence-corrected chi connectivity index (χ4v) is 2.68. The SMILES string of the molecule is N#Cc1cc(N(Cc2ccccc2)Cc2ccccc2)ccc1N. The number of nitrogen functional groups attached to an aromatic ring is 1. The van der Waals surface area contributed by atoms with Crippen molar-refractivity contribution in [1.82, 2.24) is 0 Å². The summed E-state index contributed by atoms with van der Waals surface area (Å²) < 4.78 is 0. The van der Waals surface area contributed by atoms with Gasteiger partial charge >= 0.3 is 0 Å². The molecule has 0 heterocycles. The third-order valence-electron chi connectivity index (χ3n) is 3.95. The molecule has 3 aromatic rings. The molecule has 118 valence electrons. The molecule has 0 unspecified atom stereocenters. The van der Waals surface area contributed by atoms with Crippen molar-refractivity contribution in [3.05, 3.63) is 95.6 Å². The van der Waals surface area contributed by atoms with E-state index < -0.39 is 0 Å². The van der Waals surface area contributed by atoms with Gasteiger partial charge in [0, 0.05) is 24.5 Å². The van der Waals surface area contributed by atoms with Gasteiger partial charge in [-0.1, -0.05) is 60.7 Å². The Balaban J connectivity index is 1.93. The normalized spacial score (nSPS) is 10.1. The van der Waals surface area contributed by atoms with Crippen LogP contribution in [0.15, 0.2) is 78.9 Å². The summed E-state index contributed by atoms with van der Waals surface area (Å²) in [4.78, 5) is 2.25. The summed E-state index contributed by atoms with van der Waals surface area (Å²) in [6.45, 7) is 1.54. The molecule has 0 spiro atoms. The summed E-state index contributed by atoms with van der Waals surface area (Å²) in [6.07, 6.45) is 0. The van der Waals surface area contributed by atoms with Crippen LogP contribution in [0.2, 0.25) is 0 Å². The first kappa shape index (κ1) is 15.6. The van der Waals surface area contributed by atoms with Crippen LogP contribution in [0.4, 0.5) is 11.4 Å². The van der Waals surface area contributed by atoms with Gasteiger partial charge in [-0.3, -0.25) is 0 Å². The maximum absolute atomic E-state index is 9.26. The summed E-state index contributed by atoms with van der Waals surface area (Å²) in [5.41, 5.74) is 10.3. The molecule has 0 aliphatic carbocycles. The van der Waals surface area contributed by atoms with E-state index in [0.717, 1.165) is 18.8 Å². The predicted octanol–water partition coefficient (Wildman–Crippen LogP) is 4.35. The zero-order valence-electron chi connectivity index (χ0n) is 13.4. The zero-order chi connectivity index (χ0) is 16.8. The van der Waals surface area contributed by atoms with Crippen LogP contribution < -0.4 is 10.6 Å². The first-order valence-corrected chi connectivity index (χ1v) is 7.88. The molecule has 0 aromatic heterocycles. The molecule has 0 aliphatic rings. The lowest BCUT2D eigenvalue weighted by Crippen LogP contribution is -2.22. The second-order valence-corrected chi connectivity index (χ2v) is 5.71. The number of hydrogen-bond donors (Lipinski definition) is 1. The van der Waals surface area contributed by atoms with Crippen molar-refractivity contribution in [1.29, 1.82) is 5.26 Å². The first-order chi connectivity index (χ1) is 11.8. The van der Waals surface area contributed by atoms with E-state index in [2.05, 4.69) is 35.2 Å². The minimum absolute atomic E-state index is 0.513. The highest BCUT2D eigenvalue weighted by molar-refractivity contribution is 5.63. The fourth-order valence-electron chi connectivity index (χ4n) is 2.68. The molecule has 3 nitrogen and oxygen atoms in total. The molecule has 2 N–H and O–H groups in total. The zero-order valence-corrected chi connectivity index (χ0v) is 13.4. The maximum Gasteiger partial charge on any atom is 0.101 e. The molecule has 0 radical (unpaired) electrons. The molecule has 0 bridgehead atoms. The van der Waals surface area contributed by atoms with Crippen LogP contribution in [0.3, 0.4) is 0 Å². The van der Waals surface area contributed by atoms with E-state index in [9.17, 15) is 5.26 Å². The third-order valence-corrected chi connectivity index (χ3v) is 3.95. The van der Waals surface area contributed by atoms with Crippen molar-refractivity contribution >= 4 is 11.4 Å². The van der Waals surface area contributed by atoms with E-state index in [1.165, 1.54) is 11.1 Å². The van der Waals surface area contributed by atoms with Crippen LogP contribution in [-0.2, 0) is 13.1 Å². The van der Waals surface area contributed by atoms with Crippen LogP contribution in [0.5, 0.6) is 0 Å². The summed E-state index contributed by atoms with van der Waals surface area (Å²) >= 11 is 0. The highest BCUT2D eigenvalue weighted by Crippen LogP contribution is 2.24. The number of rotatable bonds is 5. The Hall–Kier alpha value is -3.25. The number of nitrogens with two attached hydrogens (primary N) is 1. The molecule has 0 saturated heterocycles. The summed E-state index contributed by atoms with van der Waals surface area (Å²) in [7, 11) is 0. The maximum atomic E-state index is 9.26. The van der Waals surface area contributed by atoms with E-state index in [1.807, 2.05) is 48.5 Å². The van der Waals surface area contributed by atoms with Crippen LogP contribution in [0, 0.1) is 11.3 Å². The molecule has 0 fully saturated rings. The van der Waals surface area contributed by atoms with Crippen molar-refractivity contribution in [2.45, 2.75) is 13.1 Å². The molecule has 0 amide bonds. The summed E-state index contributed by atoms with van der Waals surface area (Å²) in [5, 5.41) is 9.26. The Morgan fingerprint density at radius 2 is 1.33 bits per heavy atom. The van der Waals surface area contributed by atoms with Gasteiger partial charge in [0.2, 0.25) is 0 Å². The van der Waals surface area contributed by atoms with Gasteiger partial charge < -0.3 is 10.6 Å². The number of nitriles is 1. The van der Waals surface area contributed by atoms with Crippen LogP contribution in [-0.4, -0.2) is 0 Å². The van der Waals surface area contributed by atoms with Gasteiger partial charge in [-0.25, -0.2) is 0 Å². The Labute approximate surface area is 142 Å².